The van der Waals surface area contributed by atoms with Gasteiger partial charge in [-0.25, -0.2) is 0 Å². The van der Waals surface area contributed by atoms with Crippen molar-refractivity contribution in [3.05, 3.63) is 58.6 Å². The molecule has 3 aliphatic rings. The number of benzene rings is 2. The summed E-state index contributed by atoms with van der Waals surface area (Å²) in [5.74, 6) is 0.0220. The van der Waals surface area contributed by atoms with Crippen molar-refractivity contribution < 1.29 is 14.4 Å². The molecule has 2 saturated carbocycles. The second-order valence-electron chi connectivity index (χ2n) is 8.36. The summed E-state index contributed by atoms with van der Waals surface area (Å²) in [6.07, 6.45) is 3.13. The quantitative estimate of drug-likeness (QED) is 0.763. The molecule has 2 aromatic carbocycles. The molecule has 2 aliphatic carbocycles. The molecule has 148 valence electrons. The number of fused-ring (bicyclic) bond motifs is 5. The van der Waals surface area contributed by atoms with Crippen molar-refractivity contribution in [2.45, 2.75) is 26.2 Å². The van der Waals surface area contributed by atoms with Crippen LogP contribution < -0.4 is 10.2 Å². The van der Waals surface area contributed by atoms with Gasteiger partial charge in [-0.05, 0) is 80.0 Å². The van der Waals surface area contributed by atoms with Gasteiger partial charge in [-0.2, -0.15) is 0 Å². The molecule has 1 aliphatic heterocycles. The molecule has 1 heterocycles. The van der Waals surface area contributed by atoms with E-state index in [-0.39, 0.29) is 29.6 Å². The number of amides is 3. The highest BCUT2D eigenvalue weighted by Gasteiger charge is 2.61. The predicted molar refractivity (Wildman–Crippen MR) is 111 cm³/mol. The molecule has 3 amide bonds. The Morgan fingerprint density at radius 3 is 2.24 bits per heavy atom. The number of nitrogens with zero attached hydrogens (tertiary/aromatic N) is 1. The van der Waals surface area contributed by atoms with E-state index in [1.807, 2.05) is 13.0 Å². The number of aryl methyl sites for hydroxylation is 1. The van der Waals surface area contributed by atoms with Gasteiger partial charge in [0, 0.05) is 16.3 Å². The Balaban J connectivity index is 1.35. The van der Waals surface area contributed by atoms with Crippen molar-refractivity contribution in [1.82, 2.24) is 0 Å². The summed E-state index contributed by atoms with van der Waals surface area (Å²) in [5, 5.41) is 3.40. The van der Waals surface area contributed by atoms with Crippen LogP contribution in [-0.2, 0) is 9.59 Å². The van der Waals surface area contributed by atoms with Crippen LogP contribution in [0.5, 0.6) is 0 Å². The Hall–Kier alpha value is -2.66. The van der Waals surface area contributed by atoms with Gasteiger partial charge in [-0.15, -0.1) is 0 Å². The summed E-state index contributed by atoms with van der Waals surface area (Å²) in [5.41, 5.74) is 2.56. The van der Waals surface area contributed by atoms with E-state index in [4.69, 9.17) is 11.6 Å². The van der Waals surface area contributed by atoms with Gasteiger partial charge in [0.05, 0.1) is 17.5 Å². The molecule has 1 saturated heterocycles. The lowest BCUT2D eigenvalue weighted by Gasteiger charge is -2.19. The van der Waals surface area contributed by atoms with Gasteiger partial charge in [0.1, 0.15) is 0 Å². The van der Waals surface area contributed by atoms with Crippen LogP contribution in [0.1, 0.15) is 35.2 Å². The van der Waals surface area contributed by atoms with E-state index in [1.54, 1.807) is 36.4 Å². The number of anilines is 2. The molecule has 1 N–H and O–H groups in total. The third-order valence-electron chi connectivity index (χ3n) is 6.76. The van der Waals surface area contributed by atoms with Gasteiger partial charge in [-0.3, -0.25) is 19.3 Å². The number of carbonyl (C=O) groups excluding carboxylic acids is 3. The molecule has 4 atom stereocenters. The molecule has 0 unspecified atom stereocenters. The number of nitrogens with one attached hydrogen (secondary N) is 1. The van der Waals surface area contributed by atoms with Gasteiger partial charge >= 0.3 is 0 Å². The van der Waals surface area contributed by atoms with Crippen LogP contribution in [0.4, 0.5) is 11.4 Å². The number of imide groups is 1. The summed E-state index contributed by atoms with van der Waals surface area (Å²) in [6, 6.07) is 12.0. The molecule has 5 nitrogen and oxygen atoms in total. The zero-order valence-corrected chi connectivity index (χ0v) is 16.8. The Bertz CT molecular complexity index is 1000. The lowest BCUT2D eigenvalue weighted by atomic mass is 9.81. The van der Waals surface area contributed by atoms with Crippen molar-refractivity contribution in [2.24, 2.45) is 23.7 Å². The van der Waals surface area contributed by atoms with Crippen LogP contribution in [-0.4, -0.2) is 17.7 Å². The van der Waals surface area contributed by atoms with E-state index in [0.717, 1.165) is 24.8 Å². The van der Waals surface area contributed by atoms with Crippen molar-refractivity contribution in [3.8, 4) is 0 Å². The maximum absolute atomic E-state index is 12.9. The van der Waals surface area contributed by atoms with E-state index >= 15 is 0 Å². The maximum atomic E-state index is 12.9. The highest BCUT2D eigenvalue weighted by Crippen LogP contribution is 2.56. The van der Waals surface area contributed by atoms with Gasteiger partial charge in [0.25, 0.3) is 5.91 Å². The number of carbonyl (C=O) groups is 3. The van der Waals surface area contributed by atoms with Crippen LogP contribution in [0.25, 0.3) is 0 Å². The minimum Gasteiger partial charge on any atom is -0.322 e. The van der Waals surface area contributed by atoms with E-state index < -0.39 is 0 Å². The molecule has 2 bridgehead atoms. The van der Waals surface area contributed by atoms with Crippen LogP contribution in [0.3, 0.4) is 0 Å². The second-order valence-corrected chi connectivity index (χ2v) is 8.79. The highest BCUT2D eigenvalue weighted by molar-refractivity contribution is 6.31. The van der Waals surface area contributed by atoms with E-state index in [2.05, 4.69) is 5.32 Å². The third-order valence-corrected chi connectivity index (χ3v) is 7.00. The molecule has 29 heavy (non-hydrogen) atoms. The summed E-state index contributed by atoms with van der Waals surface area (Å²) >= 11 is 6.01. The molecule has 0 radical (unpaired) electrons. The third kappa shape index (κ3) is 2.87. The molecule has 0 aromatic heterocycles. The Morgan fingerprint density at radius 2 is 1.62 bits per heavy atom. The monoisotopic (exact) mass is 408 g/mol. The molecular weight excluding hydrogens is 388 g/mol. The minimum absolute atomic E-state index is 0.0704. The largest absolute Gasteiger partial charge is 0.322 e. The normalized spacial score (nSPS) is 27.4. The van der Waals surface area contributed by atoms with Crippen molar-refractivity contribution in [3.63, 3.8) is 0 Å². The van der Waals surface area contributed by atoms with E-state index in [0.29, 0.717) is 33.8 Å². The molecular formula is C23H21ClN2O3. The number of hydrogen-bond acceptors (Lipinski definition) is 3. The molecule has 3 fully saturated rings. The summed E-state index contributed by atoms with van der Waals surface area (Å²) in [7, 11) is 0. The Morgan fingerprint density at radius 1 is 1.00 bits per heavy atom. The smallest absolute Gasteiger partial charge is 0.255 e. The fraction of sp³-hybridized carbons (Fsp3) is 0.348. The first kappa shape index (κ1) is 18.4. The van der Waals surface area contributed by atoms with Gasteiger partial charge in [0.2, 0.25) is 11.8 Å². The van der Waals surface area contributed by atoms with Crippen molar-refractivity contribution in [2.75, 3.05) is 10.2 Å². The summed E-state index contributed by atoms with van der Waals surface area (Å²) < 4.78 is 0. The van der Waals surface area contributed by atoms with Crippen LogP contribution in [0, 0.1) is 30.6 Å². The molecule has 5 rings (SSSR count). The average molecular weight is 409 g/mol. The summed E-state index contributed by atoms with van der Waals surface area (Å²) in [6.45, 7) is 1.89. The lowest BCUT2D eigenvalue weighted by Crippen LogP contribution is -2.32. The topological polar surface area (TPSA) is 66.5 Å². The molecule has 0 spiro atoms. The Kier molecular flexibility index (Phi) is 4.24. The van der Waals surface area contributed by atoms with Crippen molar-refractivity contribution >= 4 is 40.7 Å². The first-order chi connectivity index (χ1) is 13.9. The standard InChI is InChI=1S/C23H21ClN2O3/c1-12-2-7-16(24)11-18(12)25-21(27)13-5-8-17(9-6-13)26-22(28)19-14-3-4-15(10-14)20(19)23(26)29/h2,5-9,11,14-15,19-20H,3-4,10H2,1H3,(H,25,27)/t14-,15-,19-,20+/m0/s1. The fourth-order valence-corrected chi connectivity index (χ4v) is 5.52. The molecule has 6 heteroatoms. The van der Waals surface area contributed by atoms with Gasteiger partial charge in [-0.1, -0.05) is 17.7 Å². The zero-order chi connectivity index (χ0) is 20.3. The van der Waals surface area contributed by atoms with Gasteiger partial charge in [0.15, 0.2) is 0 Å². The van der Waals surface area contributed by atoms with E-state index in [9.17, 15) is 14.4 Å². The first-order valence-corrected chi connectivity index (χ1v) is 10.4. The Labute approximate surface area is 174 Å². The minimum atomic E-state index is -0.268. The fourth-order valence-electron chi connectivity index (χ4n) is 5.35. The first-order valence-electron chi connectivity index (χ1n) is 9.99. The van der Waals surface area contributed by atoms with Crippen LogP contribution in [0.2, 0.25) is 5.02 Å². The lowest BCUT2D eigenvalue weighted by molar-refractivity contribution is -0.123. The molecule has 2 aromatic rings. The predicted octanol–water partition coefficient (Wildman–Crippen LogP) is 4.44. The maximum Gasteiger partial charge on any atom is 0.255 e. The highest BCUT2D eigenvalue weighted by atomic mass is 35.5. The summed E-state index contributed by atoms with van der Waals surface area (Å²) in [4.78, 5) is 39.8. The second kappa shape index (κ2) is 6.70. The number of halogens is 1. The van der Waals surface area contributed by atoms with Crippen LogP contribution >= 0.6 is 11.6 Å². The van der Waals surface area contributed by atoms with Gasteiger partial charge < -0.3 is 5.32 Å². The van der Waals surface area contributed by atoms with Crippen molar-refractivity contribution in [1.29, 1.82) is 0 Å². The zero-order valence-electron chi connectivity index (χ0n) is 16.0. The van der Waals surface area contributed by atoms with E-state index in [1.165, 1.54) is 4.90 Å². The average Bonchev–Trinajstić information content (AvgIpc) is 3.39. The SMILES string of the molecule is Cc1ccc(Cl)cc1NC(=O)c1ccc(N2C(=O)[C@@H]3[C@H]4CC[C@@H](C4)[C@@H]3C2=O)cc1. The number of rotatable bonds is 3. The van der Waals surface area contributed by atoms with Crippen LogP contribution in [0.15, 0.2) is 42.5 Å². The number of hydrogen-bond donors (Lipinski definition) is 1.